The van der Waals surface area contributed by atoms with Gasteiger partial charge in [-0.15, -0.1) is 10.2 Å². The number of halogens is 2. The van der Waals surface area contributed by atoms with E-state index in [0.717, 1.165) is 34.6 Å². The number of rotatable bonds is 9. The largest absolute Gasteiger partial charge is 0.497 e. The number of methoxy groups -OCH3 is 1. The van der Waals surface area contributed by atoms with Crippen molar-refractivity contribution >= 4 is 35.0 Å². The number of aromatic nitrogens is 3. The van der Waals surface area contributed by atoms with Gasteiger partial charge < -0.3 is 14.0 Å². The minimum Gasteiger partial charge on any atom is -0.497 e. The summed E-state index contributed by atoms with van der Waals surface area (Å²) in [6, 6.07) is 13.1. The maximum absolute atomic E-state index is 6.32. The molecule has 1 unspecified atom stereocenters. The average Bonchev–Trinajstić information content (AvgIpc) is 3.09. The Balaban J connectivity index is 1.79. The second-order valence-electron chi connectivity index (χ2n) is 7.31. The molecule has 1 heterocycles. The van der Waals surface area contributed by atoms with Crippen LogP contribution in [0.25, 0.3) is 0 Å². The molecule has 0 aliphatic heterocycles. The summed E-state index contributed by atoms with van der Waals surface area (Å²) < 4.78 is 13.5. The first-order chi connectivity index (χ1) is 14.4. The summed E-state index contributed by atoms with van der Waals surface area (Å²) in [5.74, 6) is 3.37. The summed E-state index contributed by atoms with van der Waals surface area (Å²) in [7, 11) is 1.64. The molecular weight excluding hydrogens is 441 g/mol. The van der Waals surface area contributed by atoms with Gasteiger partial charge in [-0.2, -0.15) is 0 Å². The molecule has 0 aliphatic rings. The fourth-order valence-corrected chi connectivity index (χ4v) is 4.47. The third kappa shape index (κ3) is 5.84. The Labute approximate surface area is 191 Å². The van der Waals surface area contributed by atoms with Crippen molar-refractivity contribution in [1.82, 2.24) is 14.8 Å². The molecule has 0 amide bonds. The molecule has 0 N–H and O–H groups in total. The maximum Gasteiger partial charge on any atom is 0.191 e. The lowest BCUT2D eigenvalue weighted by Crippen LogP contribution is -2.15. The van der Waals surface area contributed by atoms with Crippen molar-refractivity contribution in [1.29, 1.82) is 0 Å². The zero-order valence-electron chi connectivity index (χ0n) is 17.4. The van der Waals surface area contributed by atoms with Gasteiger partial charge in [0.05, 0.1) is 7.11 Å². The summed E-state index contributed by atoms with van der Waals surface area (Å²) in [4.78, 5) is 0. The van der Waals surface area contributed by atoms with Crippen molar-refractivity contribution in [3.63, 3.8) is 0 Å². The maximum atomic E-state index is 6.32. The lowest BCUT2D eigenvalue weighted by molar-refractivity contribution is 0.207. The van der Waals surface area contributed by atoms with E-state index < -0.39 is 0 Å². The van der Waals surface area contributed by atoms with E-state index in [1.165, 1.54) is 0 Å². The van der Waals surface area contributed by atoms with Gasteiger partial charge in [-0.3, -0.25) is 0 Å². The fraction of sp³-hybridized carbons (Fsp3) is 0.364. The third-order valence-corrected chi connectivity index (χ3v) is 5.99. The van der Waals surface area contributed by atoms with E-state index in [4.69, 9.17) is 32.7 Å². The third-order valence-electron chi connectivity index (χ3n) is 4.38. The van der Waals surface area contributed by atoms with Crippen LogP contribution in [0.5, 0.6) is 11.5 Å². The molecule has 5 nitrogen and oxygen atoms in total. The molecule has 160 valence electrons. The molecule has 30 heavy (non-hydrogen) atoms. The molecule has 1 atom stereocenters. The minimum absolute atomic E-state index is 0.267. The molecule has 3 rings (SSSR count). The van der Waals surface area contributed by atoms with Gasteiger partial charge in [0, 0.05) is 28.4 Å². The second-order valence-corrected chi connectivity index (χ2v) is 9.09. The predicted octanol–water partition coefficient (Wildman–Crippen LogP) is 6.68. The van der Waals surface area contributed by atoms with Crippen molar-refractivity contribution in [2.75, 3.05) is 7.11 Å². The number of ether oxygens (including phenoxy) is 2. The average molecular weight is 466 g/mol. The van der Waals surface area contributed by atoms with Crippen molar-refractivity contribution in [2.45, 2.75) is 44.3 Å². The van der Waals surface area contributed by atoms with Crippen LogP contribution in [0.2, 0.25) is 10.0 Å². The van der Waals surface area contributed by atoms with Crippen molar-refractivity contribution in [3.8, 4) is 11.5 Å². The van der Waals surface area contributed by atoms with Gasteiger partial charge >= 0.3 is 0 Å². The highest BCUT2D eigenvalue weighted by Crippen LogP contribution is 2.31. The molecule has 0 spiro atoms. The van der Waals surface area contributed by atoms with E-state index in [1.807, 2.05) is 43.3 Å². The highest BCUT2D eigenvalue weighted by atomic mass is 35.5. The Morgan fingerprint density at radius 2 is 1.80 bits per heavy atom. The lowest BCUT2D eigenvalue weighted by Gasteiger charge is -2.18. The topological polar surface area (TPSA) is 49.2 Å². The molecule has 0 radical (unpaired) electrons. The van der Waals surface area contributed by atoms with Gasteiger partial charge in [0.1, 0.15) is 11.5 Å². The summed E-state index contributed by atoms with van der Waals surface area (Å²) in [5.41, 5.74) is 1.01. The standard InChI is InChI=1S/C22H25Cl2N3O2S/c1-14(2)12-27-21(15(3)29-19-7-5-6-18(11-19)28-4)25-26-22(27)30-13-16-8-9-17(23)10-20(16)24/h5-11,14-15H,12-13H2,1-4H3. The first kappa shape index (κ1) is 22.8. The van der Waals surface area contributed by atoms with Gasteiger partial charge in [0.25, 0.3) is 0 Å². The molecule has 2 aromatic carbocycles. The molecule has 0 bridgehead atoms. The first-order valence-corrected chi connectivity index (χ1v) is 11.4. The normalized spacial score (nSPS) is 12.2. The summed E-state index contributed by atoms with van der Waals surface area (Å²) in [5, 5.41) is 11.0. The zero-order valence-corrected chi connectivity index (χ0v) is 19.8. The molecule has 1 aromatic heterocycles. The highest BCUT2D eigenvalue weighted by Gasteiger charge is 2.21. The van der Waals surface area contributed by atoms with Crippen LogP contribution >= 0.6 is 35.0 Å². The Hall–Kier alpha value is -1.89. The molecule has 0 saturated carbocycles. The van der Waals surface area contributed by atoms with Gasteiger partial charge in [0.2, 0.25) is 0 Å². The van der Waals surface area contributed by atoms with E-state index in [9.17, 15) is 0 Å². The molecular formula is C22H25Cl2N3O2S. The minimum atomic E-state index is -0.267. The first-order valence-electron chi connectivity index (χ1n) is 9.68. The van der Waals surface area contributed by atoms with E-state index in [-0.39, 0.29) is 6.10 Å². The van der Waals surface area contributed by atoms with Crippen LogP contribution in [0, 0.1) is 5.92 Å². The van der Waals surface area contributed by atoms with Crippen molar-refractivity contribution in [2.24, 2.45) is 5.92 Å². The number of nitrogens with zero attached hydrogens (tertiary/aromatic N) is 3. The van der Waals surface area contributed by atoms with Crippen LogP contribution < -0.4 is 9.47 Å². The van der Waals surface area contributed by atoms with Crippen LogP contribution in [0.15, 0.2) is 47.6 Å². The van der Waals surface area contributed by atoms with E-state index in [1.54, 1.807) is 24.9 Å². The number of hydrogen-bond donors (Lipinski definition) is 0. The van der Waals surface area contributed by atoms with Crippen LogP contribution in [0.1, 0.15) is 38.3 Å². The Morgan fingerprint density at radius 1 is 1.03 bits per heavy atom. The summed E-state index contributed by atoms with van der Waals surface area (Å²) in [6.45, 7) is 7.11. The highest BCUT2D eigenvalue weighted by molar-refractivity contribution is 7.98. The Morgan fingerprint density at radius 3 is 2.50 bits per heavy atom. The van der Waals surface area contributed by atoms with E-state index in [2.05, 4.69) is 28.6 Å². The quantitative estimate of drug-likeness (QED) is 0.329. The van der Waals surface area contributed by atoms with Crippen LogP contribution in [-0.4, -0.2) is 21.9 Å². The number of benzene rings is 2. The zero-order chi connectivity index (χ0) is 21.7. The lowest BCUT2D eigenvalue weighted by atomic mass is 10.2. The van der Waals surface area contributed by atoms with Gasteiger partial charge in [-0.25, -0.2) is 0 Å². The molecule has 3 aromatic rings. The van der Waals surface area contributed by atoms with Gasteiger partial charge in [-0.05, 0) is 42.7 Å². The Kier molecular flexibility index (Phi) is 7.92. The van der Waals surface area contributed by atoms with Crippen LogP contribution in [-0.2, 0) is 12.3 Å². The number of thioether (sulfide) groups is 1. The summed E-state index contributed by atoms with van der Waals surface area (Å²) in [6.07, 6.45) is -0.267. The van der Waals surface area contributed by atoms with Gasteiger partial charge in [-0.1, -0.05) is 60.9 Å². The number of hydrogen-bond acceptors (Lipinski definition) is 5. The Bertz CT molecular complexity index is 994. The van der Waals surface area contributed by atoms with E-state index >= 15 is 0 Å². The summed E-state index contributed by atoms with van der Waals surface area (Å²) >= 11 is 13.9. The van der Waals surface area contributed by atoms with E-state index in [0.29, 0.717) is 21.7 Å². The molecule has 0 fully saturated rings. The molecule has 0 saturated heterocycles. The van der Waals surface area contributed by atoms with Crippen molar-refractivity contribution in [3.05, 3.63) is 63.9 Å². The SMILES string of the molecule is COc1cccc(OC(C)c2nnc(SCc3ccc(Cl)cc3Cl)n2CC(C)C)c1. The fourth-order valence-electron chi connectivity index (χ4n) is 2.96. The second kappa shape index (κ2) is 10.4. The van der Waals surface area contributed by atoms with Crippen molar-refractivity contribution < 1.29 is 9.47 Å². The smallest absolute Gasteiger partial charge is 0.191 e. The monoisotopic (exact) mass is 465 g/mol. The van der Waals surface area contributed by atoms with Crippen LogP contribution in [0.3, 0.4) is 0 Å². The van der Waals surface area contributed by atoms with Crippen LogP contribution in [0.4, 0.5) is 0 Å². The molecule has 0 aliphatic carbocycles. The molecule has 8 heteroatoms. The predicted molar refractivity (Wildman–Crippen MR) is 123 cm³/mol. The van der Waals surface area contributed by atoms with Gasteiger partial charge in [0.15, 0.2) is 17.1 Å².